The molecule has 0 saturated carbocycles. The Morgan fingerprint density at radius 1 is 1.15 bits per heavy atom. The zero-order chi connectivity index (χ0) is 24.5. The van der Waals surface area contributed by atoms with Gasteiger partial charge in [0, 0.05) is 29.9 Å². The Bertz CT molecular complexity index is 1030. The molecular formula is C20H18ClF2N3O7. The first-order valence-electron chi connectivity index (χ1n) is 9.34. The summed E-state index contributed by atoms with van der Waals surface area (Å²) in [6.45, 7) is -1.83. The molecule has 0 heterocycles. The van der Waals surface area contributed by atoms with Crippen molar-refractivity contribution in [2.75, 3.05) is 11.9 Å². The lowest BCUT2D eigenvalue weighted by Crippen LogP contribution is -2.32. The second kappa shape index (κ2) is 11.7. The molecule has 0 aliphatic heterocycles. The topological polar surface area (TPSA) is 137 Å². The molecule has 13 heteroatoms. The minimum atomic E-state index is -3.05. The van der Waals surface area contributed by atoms with Crippen LogP contribution >= 0.6 is 11.6 Å². The van der Waals surface area contributed by atoms with Gasteiger partial charge in [-0.3, -0.25) is 24.5 Å². The zero-order valence-electron chi connectivity index (χ0n) is 17.0. The van der Waals surface area contributed by atoms with Crippen LogP contribution in [-0.4, -0.2) is 42.0 Å². The highest BCUT2D eigenvalue weighted by atomic mass is 35.5. The summed E-state index contributed by atoms with van der Waals surface area (Å²) in [5.74, 6) is -2.27. The van der Waals surface area contributed by atoms with Crippen LogP contribution < -0.4 is 15.4 Å². The fourth-order valence-corrected chi connectivity index (χ4v) is 2.66. The predicted octanol–water partition coefficient (Wildman–Crippen LogP) is 3.54. The summed E-state index contributed by atoms with van der Waals surface area (Å²) in [6, 6.07) is 8.52. The van der Waals surface area contributed by atoms with Crippen molar-refractivity contribution in [3.05, 3.63) is 63.2 Å². The van der Waals surface area contributed by atoms with Gasteiger partial charge in [0.2, 0.25) is 0 Å². The van der Waals surface area contributed by atoms with Crippen molar-refractivity contribution < 1.29 is 37.6 Å². The number of nitrogens with one attached hydrogen (secondary N) is 2. The highest BCUT2D eigenvalue weighted by molar-refractivity contribution is 6.32. The molecule has 2 aromatic rings. The van der Waals surface area contributed by atoms with Crippen molar-refractivity contribution in [2.45, 2.75) is 26.1 Å². The van der Waals surface area contributed by atoms with Crippen molar-refractivity contribution in [1.82, 2.24) is 5.32 Å². The third-order valence-corrected chi connectivity index (χ3v) is 4.34. The molecule has 2 N–H and O–H groups in total. The number of anilines is 1. The number of esters is 1. The summed E-state index contributed by atoms with van der Waals surface area (Å²) >= 11 is 5.81. The van der Waals surface area contributed by atoms with Crippen molar-refractivity contribution in [2.24, 2.45) is 0 Å². The number of carbonyl (C=O) groups excluding carboxylic acids is 3. The zero-order valence-corrected chi connectivity index (χ0v) is 17.8. The van der Waals surface area contributed by atoms with Gasteiger partial charge < -0.3 is 20.1 Å². The molecule has 2 rings (SSSR count). The Labute approximate surface area is 191 Å². The largest absolute Gasteiger partial charge is 0.452 e. The molecule has 0 spiro atoms. The summed E-state index contributed by atoms with van der Waals surface area (Å²) in [5, 5.41) is 15.3. The maximum absolute atomic E-state index is 12.3. The van der Waals surface area contributed by atoms with Crippen LogP contribution in [0, 0.1) is 10.1 Å². The molecule has 33 heavy (non-hydrogen) atoms. The summed E-state index contributed by atoms with van der Waals surface area (Å²) in [6.07, 6.45) is -1.43. The minimum Gasteiger partial charge on any atom is -0.452 e. The number of nitro groups is 1. The molecule has 0 aromatic heterocycles. The Hall–Kier alpha value is -3.80. The maximum atomic E-state index is 12.3. The quantitative estimate of drug-likeness (QED) is 0.298. The fourth-order valence-electron chi connectivity index (χ4n) is 2.44. The first kappa shape index (κ1) is 25.5. The molecule has 10 nitrogen and oxygen atoms in total. The van der Waals surface area contributed by atoms with E-state index in [1.165, 1.54) is 43.3 Å². The summed E-state index contributed by atoms with van der Waals surface area (Å²) < 4.78 is 33.7. The van der Waals surface area contributed by atoms with Crippen LogP contribution in [0.15, 0.2) is 42.5 Å². The monoisotopic (exact) mass is 485 g/mol. The number of nitrogens with zero attached hydrogens (tertiary/aromatic N) is 1. The SMILES string of the molecule is CC(OC(=O)CCNC(=O)c1ccc([N+](=O)[O-])cc1)C(=O)Nc1ccc(OC(F)F)c(Cl)c1. The van der Waals surface area contributed by atoms with Crippen LogP contribution in [0.3, 0.4) is 0 Å². The molecule has 0 saturated heterocycles. The third-order valence-electron chi connectivity index (χ3n) is 4.05. The second-order valence-corrected chi connectivity index (χ2v) is 6.86. The van der Waals surface area contributed by atoms with Crippen molar-refractivity contribution >= 4 is 40.8 Å². The fraction of sp³-hybridized carbons (Fsp3) is 0.250. The number of benzene rings is 2. The number of halogens is 3. The molecule has 0 radical (unpaired) electrons. The standard InChI is InChI=1S/C20H18ClF2N3O7/c1-11(18(28)25-13-4-7-16(15(21)10-13)33-20(22)23)32-17(27)8-9-24-19(29)12-2-5-14(6-3-12)26(30)31/h2-7,10-11,20H,8-9H2,1H3,(H,24,29)(H,25,28). The molecular weight excluding hydrogens is 468 g/mol. The van der Waals surface area contributed by atoms with E-state index in [1.54, 1.807) is 0 Å². The van der Waals surface area contributed by atoms with E-state index in [0.29, 0.717) is 0 Å². The van der Waals surface area contributed by atoms with E-state index < -0.39 is 35.4 Å². The number of rotatable bonds is 10. The van der Waals surface area contributed by atoms with Gasteiger partial charge in [0.05, 0.1) is 16.4 Å². The van der Waals surface area contributed by atoms with Crippen LogP contribution in [-0.2, 0) is 14.3 Å². The Kier molecular flexibility index (Phi) is 9.04. The van der Waals surface area contributed by atoms with Crippen molar-refractivity contribution in [3.63, 3.8) is 0 Å². The van der Waals surface area contributed by atoms with Crippen molar-refractivity contribution in [3.8, 4) is 5.75 Å². The Morgan fingerprint density at radius 2 is 1.82 bits per heavy atom. The highest BCUT2D eigenvalue weighted by Gasteiger charge is 2.19. The van der Waals surface area contributed by atoms with Gasteiger partial charge in [-0.25, -0.2) is 0 Å². The van der Waals surface area contributed by atoms with Crippen LogP contribution in [0.2, 0.25) is 5.02 Å². The smallest absolute Gasteiger partial charge is 0.387 e. The number of amides is 2. The number of ether oxygens (including phenoxy) is 2. The van der Waals surface area contributed by atoms with E-state index in [1.807, 2.05) is 0 Å². The van der Waals surface area contributed by atoms with Crippen LogP contribution in [0.4, 0.5) is 20.2 Å². The van der Waals surface area contributed by atoms with Gasteiger partial charge in [0.15, 0.2) is 6.10 Å². The lowest BCUT2D eigenvalue weighted by atomic mass is 10.2. The molecule has 2 amide bonds. The number of alkyl halides is 2. The van der Waals surface area contributed by atoms with Gasteiger partial charge in [-0.15, -0.1) is 0 Å². The number of nitro benzene ring substituents is 1. The van der Waals surface area contributed by atoms with E-state index in [-0.39, 0.29) is 40.7 Å². The molecule has 176 valence electrons. The molecule has 0 aliphatic carbocycles. The first-order chi connectivity index (χ1) is 15.6. The van der Waals surface area contributed by atoms with Crippen LogP contribution in [0.1, 0.15) is 23.7 Å². The third kappa shape index (κ3) is 8.00. The second-order valence-electron chi connectivity index (χ2n) is 6.45. The Morgan fingerprint density at radius 3 is 2.39 bits per heavy atom. The summed E-state index contributed by atoms with van der Waals surface area (Å²) in [7, 11) is 0. The molecule has 0 aliphatic rings. The minimum absolute atomic E-state index is 0.0931. The highest BCUT2D eigenvalue weighted by Crippen LogP contribution is 2.29. The summed E-state index contributed by atoms with van der Waals surface area (Å²) in [4.78, 5) is 46.1. The first-order valence-corrected chi connectivity index (χ1v) is 9.72. The average Bonchev–Trinajstić information content (AvgIpc) is 2.75. The average molecular weight is 486 g/mol. The van der Waals surface area contributed by atoms with E-state index in [0.717, 1.165) is 6.07 Å². The van der Waals surface area contributed by atoms with Crippen LogP contribution in [0.25, 0.3) is 0 Å². The predicted molar refractivity (Wildman–Crippen MR) is 112 cm³/mol. The Balaban J connectivity index is 1.78. The van der Waals surface area contributed by atoms with Gasteiger partial charge in [0.1, 0.15) is 5.75 Å². The van der Waals surface area contributed by atoms with Crippen molar-refractivity contribution in [1.29, 1.82) is 0 Å². The lowest BCUT2D eigenvalue weighted by Gasteiger charge is -2.14. The molecule has 1 unspecified atom stereocenters. The normalized spacial score (nSPS) is 11.4. The van der Waals surface area contributed by atoms with E-state index in [2.05, 4.69) is 15.4 Å². The van der Waals surface area contributed by atoms with Gasteiger partial charge in [0.25, 0.3) is 17.5 Å². The maximum Gasteiger partial charge on any atom is 0.387 e. The van der Waals surface area contributed by atoms with E-state index in [4.69, 9.17) is 16.3 Å². The lowest BCUT2D eigenvalue weighted by molar-refractivity contribution is -0.384. The molecule has 0 bridgehead atoms. The van der Waals surface area contributed by atoms with Crippen LogP contribution in [0.5, 0.6) is 5.75 Å². The van der Waals surface area contributed by atoms with Gasteiger partial charge >= 0.3 is 12.6 Å². The molecule has 1 atom stereocenters. The van der Waals surface area contributed by atoms with E-state index >= 15 is 0 Å². The molecule has 2 aromatic carbocycles. The van der Waals surface area contributed by atoms with Gasteiger partial charge in [-0.1, -0.05) is 11.6 Å². The van der Waals surface area contributed by atoms with Gasteiger partial charge in [-0.05, 0) is 37.3 Å². The number of hydrogen-bond donors (Lipinski definition) is 2. The summed E-state index contributed by atoms with van der Waals surface area (Å²) in [5.41, 5.74) is 0.178. The van der Waals surface area contributed by atoms with Gasteiger partial charge in [-0.2, -0.15) is 8.78 Å². The molecule has 0 fully saturated rings. The number of non-ortho nitro benzene ring substituents is 1. The number of carbonyl (C=O) groups is 3. The van der Waals surface area contributed by atoms with E-state index in [9.17, 15) is 33.3 Å². The number of hydrogen-bond acceptors (Lipinski definition) is 7.